The predicted octanol–water partition coefficient (Wildman–Crippen LogP) is 3.09. The summed E-state index contributed by atoms with van der Waals surface area (Å²) in [6.45, 7) is 2.03. The third-order valence-electron chi connectivity index (χ3n) is 2.96. The van der Waals surface area contributed by atoms with Gasteiger partial charge in [0.15, 0.2) is 0 Å². The lowest BCUT2D eigenvalue weighted by Gasteiger charge is -2.13. The van der Waals surface area contributed by atoms with Gasteiger partial charge < -0.3 is 5.32 Å². The molecule has 0 spiro atoms. The molecule has 3 heteroatoms. The van der Waals surface area contributed by atoms with E-state index in [0.29, 0.717) is 6.04 Å². The van der Waals surface area contributed by atoms with Crippen molar-refractivity contribution in [1.82, 2.24) is 4.98 Å². The van der Waals surface area contributed by atoms with E-state index in [2.05, 4.69) is 28.7 Å². The summed E-state index contributed by atoms with van der Waals surface area (Å²) in [5.41, 5.74) is 1.08. The van der Waals surface area contributed by atoms with Crippen LogP contribution < -0.4 is 5.32 Å². The first kappa shape index (κ1) is 10.8. The Morgan fingerprint density at radius 2 is 2.27 bits per heavy atom. The van der Waals surface area contributed by atoms with Gasteiger partial charge in [0.25, 0.3) is 0 Å². The zero-order chi connectivity index (χ0) is 10.7. The van der Waals surface area contributed by atoms with Crippen molar-refractivity contribution in [3.05, 3.63) is 23.9 Å². The van der Waals surface area contributed by atoms with Gasteiger partial charge in [-0.15, -0.1) is 0 Å². The SMILES string of the molecule is CS[C@@H]1CC[C@@H](Nc2cccc(C)n2)C1. The summed E-state index contributed by atoms with van der Waals surface area (Å²) in [5.74, 6) is 1.03. The molecule has 1 N–H and O–H groups in total. The molecular formula is C12H18N2S. The van der Waals surface area contributed by atoms with Gasteiger partial charge in [-0.1, -0.05) is 6.07 Å². The average molecular weight is 222 g/mol. The third kappa shape index (κ3) is 2.88. The highest BCUT2D eigenvalue weighted by Crippen LogP contribution is 2.29. The molecule has 0 unspecified atom stereocenters. The van der Waals surface area contributed by atoms with E-state index in [1.165, 1.54) is 19.3 Å². The standard InChI is InChI=1S/C12H18N2S/c1-9-4-3-5-12(13-9)14-10-6-7-11(8-10)15-2/h3-5,10-11H,6-8H2,1-2H3,(H,13,14)/t10-,11-/m1/s1. The molecule has 1 aliphatic carbocycles. The molecule has 15 heavy (non-hydrogen) atoms. The number of nitrogens with one attached hydrogen (secondary N) is 1. The van der Waals surface area contributed by atoms with Crippen molar-refractivity contribution in [2.24, 2.45) is 0 Å². The van der Waals surface area contributed by atoms with Crippen molar-refractivity contribution < 1.29 is 0 Å². The smallest absolute Gasteiger partial charge is 0.126 e. The van der Waals surface area contributed by atoms with Gasteiger partial charge in [-0.25, -0.2) is 4.98 Å². The third-order valence-corrected chi connectivity index (χ3v) is 4.05. The molecule has 2 nitrogen and oxygen atoms in total. The van der Waals surface area contributed by atoms with Gasteiger partial charge in [-0.3, -0.25) is 0 Å². The molecule has 0 radical (unpaired) electrons. The number of rotatable bonds is 3. The Bertz CT molecular complexity index is 327. The van der Waals surface area contributed by atoms with E-state index in [-0.39, 0.29) is 0 Å². The summed E-state index contributed by atoms with van der Waals surface area (Å²) in [4.78, 5) is 4.47. The van der Waals surface area contributed by atoms with E-state index in [0.717, 1.165) is 16.8 Å². The molecule has 0 amide bonds. The van der Waals surface area contributed by atoms with Crippen LogP contribution >= 0.6 is 11.8 Å². The second-order valence-corrected chi connectivity index (χ2v) is 5.31. The Labute approximate surface area is 95.9 Å². The molecule has 2 atom stereocenters. The molecule has 82 valence electrons. The zero-order valence-corrected chi connectivity index (χ0v) is 10.2. The highest BCUT2D eigenvalue weighted by Gasteiger charge is 2.23. The Morgan fingerprint density at radius 1 is 1.40 bits per heavy atom. The highest BCUT2D eigenvalue weighted by atomic mass is 32.2. The largest absolute Gasteiger partial charge is 0.367 e. The van der Waals surface area contributed by atoms with Crippen molar-refractivity contribution in [1.29, 1.82) is 0 Å². The predicted molar refractivity (Wildman–Crippen MR) is 67.5 cm³/mol. The van der Waals surface area contributed by atoms with Gasteiger partial charge in [-0.05, 0) is 44.6 Å². The molecule has 1 aromatic rings. The number of aryl methyl sites for hydroxylation is 1. The summed E-state index contributed by atoms with van der Waals surface area (Å²) < 4.78 is 0. The lowest BCUT2D eigenvalue weighted by atomic mass is 10.2. The van der Waals surface area contributed by atoms with E-state index in [1.54, 1.807) is 0 Å². The van der Waals surface area contributed by atoms with Crippen LogP contribution in [0.2, 0.25) is 0 Å². The Balaban J connectivity index is 1.92. The minimum absolute atomic E-state index is 0.622. The number of pyridine rings is 1. The Hall–Kier alpha value is -0.700. The minimum atomic E-state index is 0.622. The lowest BCUT2D eigenvalue weighted by molar-refractivity contribution is 0.751. The van der Waals surface area contributed by atoms with Crippen LogP contribution in [-0.4, -0.2) is 22.5 Å². The van der Waals surface area contributed by atoms with Gasteiger partial charge in [0, 0.05) is 17.0 Å². The molecule has 2 rings (SSSR count). The molecule has 1 aromatic heterocycles. The molecule has 0 aromatic carbocycles. The maximum Gasteiger partial charge on any atom is 0.126 e. The summed E-state index contributed by atoms with van der Waals surface area (Å²) >= 11 is 1.99. The molecule has 0 bridgehead atoms. The summed E-state index contributed by atoms with van der Waals surface area (Å²) in [6, 6.07) is 6.77. The van der Waals surface area contributed by atoms with E-state index in [1.807, 2.05) is 24.8 Å². The Kier molecular flexibility index (Phi) is 3.52. The van der Waals surface area contributed by atoms with Crippen LogP contribution in [-0.2, 0) is 0 Å². The van der Waals surface area contributed by atoms with Crippen LogP contribution in [0.1, 0.15) is 25.0 Å². The van der Waals surface area contributed by atoms with Gasteiger partial charge in [0.2, 0.25) is 0 Å². The first-order valence-corrected chi connectivity index (χ1v) is 6.79. The first-order chi connectivity index (χ1) is 7.28. The number of hydrogen-bond donors (Lipinski definition) is 1. The fourth-order valence-corrected chi connectivity index (χ4v) is 2.91. The van der Waals surface area contributed by atoms with Gasteiger partial charge >= 0.3 is 0 Å². The van der Waals surface area contributed by atoms with Crippen molar-refractivity contribution in [2.45, 2.75) is 37.5 Å². The second kappa shape index (κ2) is 4.88. The number of aromatic nitrogens is 1. The number of anilines is 1. The minimum Gasteiger partial charge on any atom is -0.367 e. The lowest BCUT2D eigenvalue weighted by Crippen LogP contribution is -2.16. The monoisotopic (exact) mass is 222 g/mol. The van der Waals surface area contributed by atoms with Crippen molar-refractivity contribution in [3.63, 3.8) is 0 Å². The zero-order valence-electron chi connectivity index (χ0n) is 9.36. The maximum absolute atomic E-state index is 4.47. The Morgan fingerprint density at radius 3 is 2.93 bits per heavy atom. The molecule has 1 heterocycles. The first-order valence-electron chi connectivity index (χ1n) is 5.51. The topological polar surface area (TPSA) is 24.9 Å². The van der Waals surface area contributed by atoms with Crippen LogP contribution in [0.3, 0.4) is 0 Å². The average Bonchev–Trinajstić information content (AvgIpc) is 2.65. The normalized spacial score (nSPS) is 25.5. The molecule has 1 aliphatic rings. The fourth-order valence-electron chi connectivity index (χ4n) is 2.12. The van der Waals surface area contributed by atoms with E-state index >= 15 is 0 Å². The van der Waals surface area contributed by atoms with Crippen LogP contribution in [0, 0.1) is 6.92 Å². The number of nitrogens with zero attached hydrogens (tertiary/aromatic N) is 1. The molecule has 1 saturated carbocycles. The number of hydrogen-bond acceptors (Lipinski definition) is 3. The van der Waals surface area contributed by atoms with Gasteiger partial charge in [0.05, 0.1) is 0 Å². The van der Waals surface area contributed by atoms with Crippen LogP contribution in [0.15, 0.2) is 18.2 Å². The van der Waals surface area contributed by atoms with Crippen molar-refractivity contribution in [3.8, 4) is 0 Å². The fraction of sp³-hybridized carbons (Fsp3) is 0.583. The van der Waals surface area contributed by atoms with E-state index in [9.17, 15) is 0 Å². The van der Waals surface area contributed by atoms with Crippen LogP contribution in [0.25, 0.3) is 0 Å². The van der Waals surface area contributed by atoms with Crippen molar-refractivity contribution in [2.75, 3.05) is 11.6 Å². The maximum atomic E-state index is 4.47. The highest BCUT2D eigenvalue weighted by molar-refractivity contribution is 7.99. The van der Waals surface area contributed by atoms with E-state index in [4.69, 9.17) is 0 Å². The number of thioether (sulfide) groups is 1. The van der Waals surface area contributed by atoms with E-state index < -0.39 is 0 Å². The summed E-state index contributed by atoms with van der Waals surface area (Å²) in [6.07, 6.45) is 6.10. The quantitative estimate of drug-likeness (QED) is 0.850. The van der Waals surface area contributed by atoms with Gasteiger partial charge in [0.1, 0.15) is 5.82 Å². The molecular weight excluding hydrogens is 204 g/mol. The summed E-state index contributed by atoms with van der Waals surface area (Å²) in [5, 5.41) is 4.36. The summed E-state index contributed by atoms with van der Waals surface area (Å²) in [7, 11) is 0. The molecule has 0 saturated heterocycles. The second-order valence-electron chi connectivity index (χ2n) is 4.18. The van der Waals surface area contributed by atoms with Crippen molar-refractivity contribution >= 4 is 17.6 Å². The molecule has 0 aliphatic heterocycles. The molecule has 1 fully saturated rings. The van der Waals surface area contributed by atoms with Crippen LogP contribution in [0.5, 0.6) is 0 Å². The van der Waals surface area contributed by atoms with Crippen LogP contribution in [0.4, 0.5) is 5.82 Å². The van der Waals surface area contributed by atoms with Gasteiger partial charge in [-0.2, -0.15) is 11.8 Å².